The van der Waals surface area contributed by atoms with Crippen LogP contribution in [0, 0.1) is 0 Å². The summed E-state index contributed by atoms with van der Waals surface area (Å²) in [7, 11) is 1.12. The third kappa shape index (κ3) is 7.94. The number of esters is 1. The molecule has 2 amide bonds. The molecule has 0 rings (SSSR count). The van der Waals surface area contributed by atoms with Crippen molar-refractivity contribution in [2.45, 2.75) is 71.6 Å². The van der Waals surface area contributed by atoms with Crippen molar-refractivity contribution in [2.24, 2.45) is 0 Å². The molecule has 8 nitrogen and oxygen atoms in total. The normalized spacial score (nSPS) is 12.8. The minimum Gasteiger partial charge on any atom is -0.467 e. The third-order valence-corrected chi connectivity index (χ3v) is 2.52. The molecule has 0 saturated carbocycles. The molecule has 0 spiro atoms. The number of carbonyl (C=O) groups is 4. The molecule has 0 bridgehead atoms. The fourth-order valence-electron chi connectivity index (χ4n) is 1.67. The maximum Gasteiger partial charge on any atom is 0.420 e. The lowest BCUT2D eigenvalue weighted by Gasteiger charge is -2.32. The average Bonchev–Trinajstić information content (AvgIpc) is 2.38. The summed E-state index contributed by atoms with van der Waals surface area (Å²) in [4.78, 5) is 48.0. The first kappa shape index (κ1) is 21.9. The summed E-state index contributed by atoms with van der Waals surface area (Å²) in [5, 5.41) is 0. The molecule has 0 aromatic carbocycles. The van der Waals surface area contributed by atoms with E-state index < -0.39 is 35.4 Å². The Morgan fingerprint density at radius 1 is 0.958 bits per heavy atom. The van der Waals surface area contributed by atoms with Gasteiger partial charge in [-0.25, -0.2) is 14.4 Å². The summed E-state index contributed by atoms with van der Waals surface area (Å²) in [5.41, 5.74) is -1.77. The molecule has 1 atom stereocenters. The Labute approximate surface area is 142 Å². The zero-order valence-electron chi connectivity index (χ0n) is 15.4. The Hall–Kier alpha value is -2.12. The maximum absolute atomic E-state index is 12.4. The summed E-state index contributed by atoms with van der Waals surface area (Å²) >= 11 is 0. The highest BCUT2D eigenvalue weighted by Gasteiger charge is 2.40. The first-order valence-corrected chi connectivity index (χ1v) is 7.59. The highest BCUT2D eigenvalue weighted by Crippen LogP contribution is 2.19. The van der Waals surface area contributed by atoms with E-state index in [0.717, 1.165) is 7.11 Å². The number of imide groups is 1. The molecule has 24 heavy (non-hydrogen) atoms. The van der Waals surface area contributed by atoms with Crippen LogP contribution in [0.1, 0.15) is 54.4 Å². The number of ether oxygens (including phenoxy) is 3. The van der Waals surface area contributed by atoms with Crippen LogP contribution in [-0.2, 0) is 23.8 Å². The van der Waals surface area contributed by atoms with Crippen molar-refractivity contribution in [1.82, 2.24) is 4.90 Å². The topological polar surface area (TPSA) is 99.2 Å². The number of rotatable bonds is 5. The minimum absolute atomic E-state index is 0.0398. The molecular weight excluding hydrogens is 318 g/mol. The summed E-state index contributed by atoms with van der Waals surface area (Å²) in [6.45, 7) is 9.73. The largest absolute Gasteiger partial charge is 0.467 e. The van der Waals surface area contributed by atoms with Gasteiger partial charge in [-0.3, -0.25) is 0 Å². The lowest BCUT2D eigenvalue weighted by molar-refractivity contribution is -0.147. The van der Waals surface area contributed by atoms with E-state index in [1.807, 2.05) is 0 Å². The molecule has 0 fully saturated rings. The van der Waals surface area contributed by atoms with Gasteiger partial charge in [-0.05, 0) is 48.0 Å². The first-order valence-electron chi connectivity index (χ1n) is 7.59. The SMILES string of the molecule is COC(=O)C(CCC=O)N(C(=O)OC(C)(C)C)C(=O)OC(C)(C)C. The van der Waals surface area contributed by atoms with Gasteiger partial charge >= 0.3 is 18.2 Å². The fraction of sp³-hybridized carbons (Fsp3) is 0.750. The molecule has 0 aliphatic rings. The van der Waals surface area contributed by atoms with Crippen LogP contribution in [-0.4, -0.2) is 53.7 Å². The Balaban J connectivity index is 5.69. The Bertz CT molecular complexity index is 446. The second-order valence-corrected chi connectivity index (χ2v) is 7.11. The predicted molar refractivity (Wildman–Crippen MR) is 85.4 cm³/mol. The van der Waals surface area contributed by atoms with Crippen molar-refractivity contribution in [1.29, 1.82) is 0 Å². The van der Waals surface area contributed by atoms with Crippen molar-refractivity contribution >= 4 is 24.4 Å². The molecule has 0 aromatic heterocycles. The highest BCUT2D eigenvalue weighted by atomic mass is 16.6. The number of hydrogen-bond donors (Lipinski definition) is 0. The van der Waals surface area contributed by atoms with Gasteiger partial charge in [0.05, 0.1) is 7.11 Å². The number of hydrogen-bond acceptors (Lipinski definition) is 7. The van der Waals surface area contributed by atoms with E-state index in [4.69, 9.17) is 9.47 Å². The van der Waals surface area contributed by atoms with Crippen molar-refractivity contribution in [3.05, 3.63) is 0 Å². The van der Waals surface area contributed by atoms with E-state index in [-0.39, 0.29) is 12.8 Å². The summed E-state index contributed by atoms with van der Waals surface area (Å²) in [6.07, 6.45) is -1.63. The van der Waals surface area contributed by atoms with Crippen LogP contribution in [0.4, 0.5) is 9.59 Å². The lowest BCUT2D eigenvalue weighted by Crippen LogP contribution is -2.52. The van der Waals surface area contributed by atoms with Crippen molar-refractivity contribution in [3.63, 3.8) is 0 Å². The van der Waals surface area contributed by atoms with Gasteiger partial charge < -0.3 is 19.0 Å². The number of amides is 2. The van der Waals surface area contributed by atoms with Crippen LogP contribution in [0.2, 0.25) is 0 Å². The van der Waals surface area contributed by atoms with Gasteiger partial charge in [0.1, 0.15) is 23.5 Å². The second kappa shape index (κ2) is 8.65. The highest BCUT2D eigenvalue weighted by molar-refractivity contribution is 5.94. The van der Waals surface area contributed by atoms with Gasteiger partial charge in [0, 0.05) is 6.42 Å². The number of aldehydes is 1. The van der Waals surface area contributed by atoms with Crippen LogP contribution in [0.15, 0.2) is 0 Å². The van der Waals surface area contributed by atoms with Crippen LogP contribution < -0.4 is 0 Å². The smallest absolute Gasteiger partial charge is 0.420 e. The maximum atomic E-state index is 12.4. The van der Waals surface area contributed by atoms with Crippen molar-refractivity contribution in [2.75, 3.05) is 7.11 Å². The van der Waals surface area contributed by atoms with E-state index in [1.165, 1.54) is 0 Å². The van der Waals surface area contributed by atoms with Crippen LogP contribution >= 0.6 is 0 Å². The quantitative estimate of drug-likeness (QED) is 0.429. The van der Waals surface area contributed by atoms with Crippen molar-refractivity contribution < 1.29 is 33.4 Å². The molecule has 1 unspecified atom stereocenters. The number of nitrogens with zero attached hydrogens (tertiary/aromatic N) is 1. The Kier molecular flexibility index (Phi) is 7.89. The molecule has 0 aliphatic heterocycles. The zero-order valence-corrected chi connectivity index (χ0v) is 15.4. The molecule has 0 saturated heterocycles. The van der Waals surface area contributed by atoms with Gasteiger partial charge in [0.15, 0.2) is 0 Å². The summed E-state index contributed by atoms with van der Waals surface area (Å²) in [6, 6.07) is -1.31. The average molecular weight is 345 g/mol. The van der Waals surface area contributed by atoms with E-state index in [9.17, 15) is 19.2 Å². The summed E-state index contributed by atoms with van der Waals surface area (Å²) < 4.78 is 15.0. The number of methoxy groups -OCH3 is 1. The van der Waals surface area contributed by atoms with E-state index in [2.05, 4.69) is 4.74 Å². The Morgan fingerprint density at radius 3 is 1.67 bits per heavy atom. The fourth-order valence-corrected chi connectivity index (χ4v) is 1.67. The predicted octanol–water partition coefficient (Wildman–Crippen LogP) is 2.68. The zero-order chi connectivity index (χ0) is 19.1. The van der Waals surface area contributed by atoms with Crippen LogP contribution in [0.5, 0.6) is 0 Å². The molecule has 0 aliphatic carbocycles. The first-order chi connectivity index (χ1) is 10.8. The third-order valence-electron chi connectivity index (χ3n) is 2.52. The van der Waals surface area contributed by atoms with Gasteiger partial charge in [-0.2, -0.15) is 4.90 Å². The van der Waals surface area contributed by atoms with Crippen molar-refractivity contribution in [3.8, 4) is 0 Å². The van der Waals surface area contributed by atoms with Crippen LogP contribution in [0.3, 0.4) is 0 Å². The molecule has 138 valence electrons. The molecule has 0 heterocycles. The molecular formula is C16H27NO7. The second-order valence-electron chi connectivity index (χ2n) is 7.11. The minimum atomic E-state index is -1.31. The standard InChI is InChI=1S/C16H27NO7/c1-15(2,3)23-13(20)17(14(21)24-16(4,5)6)11(9-8-10-18)12(19)22-7/h10-11H,8-9H2,1-7H3. The number of carbonyl (C=O) groups excluding carboxylic acids is 4. The van der Waals surface area contributed by atoms with Gasteiger partial charge in [0.2, 0.25) is 0 Å². The molecule has 0 aromatic rings. The van der Waals surface area contributed by atoms with Gasteiger partial charge in [-0.1, -0.05) is 0 Å². The van der Waals surface area contributed by atoms with E-state index >= 15 is 0 Å². The monoisotopic (exact) mass is 345 g/mol. The molecule has 8 heteroatoms. The van der Waals surface area contributed by atoms with Crippen LogP contribution in [0.25, 0.3) is 0 Å². The van der Waals surface area contributed by atoms with Gasteiger partial charge in [0.25, 0.3) is 0 Å². The van der Waals surface area contributed by atoms with E-state index in [1.54, 1.807) is 41.5 Å². The Morgan fingerprint density at radius 2 is 1.38 bits per heavy atom. The molecule has 0 radical (unpaired) electrons. The van der Waals surface area contributed by atoms with E-state index in [0.29, 0.717) is 11.2 Å². The lowest BCUT2D eigenvalue weighted by atomic mass is 10.1. The molecule has 0 N–H and O–H groups in total. The van der Waals surface area contributed by atoms with Gasteiger partial charge in [-0.15, -0.1) is 0 Å². The summed E-state index contributed by atoms with van der Waals surface area (Å²) in [5.74, 6) is -0.839.